The van der Waals surface area contributed by atoms with Crippen molar-refractivity contribution in [2.45, 2.75) is 0 Å². The van der Waals surface area contributed by atoms with Gasteiger partial charge in [0, 0.05) is 20.6 Å². The van der Waals surface area contributed by atoms with Crippen LogP contribution < -0.4 is 5.73 Å². The first-order chi connectivity index (χ1) is 6.50. The molecule has 0 heterocycles. The number of rotatable bonds is 2. The highest BCUT2D eigenvalue weighted by molar-refractivity contribution is 9.13. The van der Waals surface area contributed by atoms with Gasteiger partial charge in [-0.25, -0.2) is 0 Å². The molecule has 0 saturated heterocycles. The third-order valence-corrected chi connectivity index (χ3v) is 3.34. The second-order valence-corrected chi connectivity index (χ2v) is 4.27. The summed E-state index contributed by atoms with van der Waals surface area (Å²) in [6.45, 7) is 0. The fourth-order valence-electron chi connectivity index (χ4n) is 0.857. The number of hydrogen-bond acceptors (Lipinski definition) is 2. The summed E-state index contributed by atoms with van der Waals surface area (Å²) in [7, 11) is 0. The molecule has 1 amide bonds. The normalized spacial score (nSPS) is 10.7. The third-order valence-electron chi connectivity index (χ3n) is 1.50. The summed E-state index contributed by atoms with van der Waals surface area (Å²) < 4.78 is 1.53. The number of halogens is 2. The van der Waals surface area contributed by atoms with Crippen LogP contribution in [0.25, 0.3) is 6.08 Å². The van der Waals surface area contributed by atoms with Crippen LogP contribution in [0.2, 0.25) is 0 Å². The van der Waals surface area contributed by atoms with Crippen molar-refractivity contribution in [1.82, 2.24) is 0 Å². The average Bonchev–Trinajstić information content (AvgIpc) is 2.09. The minimum Gasteiger partial charge on any atom is -0.507 e. The van der Waals surface area contributed by atoms with Gasteiger partial charge in [-0.05, 0) is 50.1 Å². The van der Waals surface area contributed by atoms with Crippen LogP contribution in [0.3, 0.4) is 0 Å². The Labute approximate surface area is 97.9 Å². The molecule has 0 aromatic heterocycles. The Balaban J connectivity index is 3.10. The highest BCUT2D eigenvalue weighted by Gasteiger charge is 2.03. The number of primary amides is 1. The van der Waals surface area contributed by atoms with Gasteiger partial charge in [0.15, 0.2) is 0 Å². The molecule has 0 spiro atoms. The number of amides is 1. The summed E-state index contributed by atoms with van der Waals surface area (Å²) in [5.41, 5.74) is 5.46. The average molecular weight is 321 g/mol. The Bertz CT molecular complexity index is 402. The van der Waals surface area contributed by atoms with Crippen molar-refractivity contribution in [2.24, 2.45) is 5.73 Å². The fraction of sp³-hybridized carbons (Fsp3) is 0. The molecule has 0 aliphatic carbocycles. The van der Waals surface area contributed by atoms with Gasteiger partial charge in [0.1, 0.15) is 5.75 Å². The molecular weight excluding hydrogens is 314 g/mol. The molecule has 1 aromatic rings. The topological polar surface area (TPSA) is 63.3 Å². The lowest BCUT2D eigenvalue weighted by Crippen LogP contribution is -2.05. The van der Waals surface area contributed by atoms with Crippen molar-refractivity contribution in [3.8, 4) is 5.75 Å². The summed E-state index contributed by atoms with van der Waals surface area (Å²) >= 11 is 6.52. The van der Waals surface area contributed by atoms with Crippen molar-refractivity contribution in [3.63, 3.8) is 0 Å². The van der Waals surface area contributed by atoms with E-state index in [1.165, 1.54) is 18.2 Å². The molecule has 3 nitrogen and oxygen atoms in total. The predicted molar refractivity (Wildman–Crippen MR) is 61.7 cm³/mol. The van der Waals surface area contributed by atoms with E-state index in [9.17, 15) is 9.90 Å². The van der Waals surface area contributed by atoms with E-state index >= 15 is 0 Å². The zero-order chi connectivity index (χ0) is 10.7. The Morgan fingerprint density at radius 2 is 1.93 bits per heavy atom. The van der Waals surface area contributed by atoms with E-state index in [2.05, 4.69) is 31.9 Å². The Morgan fingerprint density at radius 1 is 1.36 bits per heavy atom. The molecule has 0 atom stereocenters. The Kier molecular flexibility index (Phi) is 3.71. The van der Waals surface area contributed by atoms with Crippen LogP contribution in [0.15, 0.2) is 27.2 Å². The Hall–Kier alpha value is -0.810. The van der Waals surface area contributed by atoms with E-state index < -0.39 is 5.91 Å². The number of benzene rings is 1. The van der Waals surface area contributed by atoms with E-state index in [-0.39, 0.29) is 5.75 Å². The van der Waals surface area contributed by atoms with Gasteiger partial charge in [-0.1, -0.05) is 0 Å². The number of carbonyl (C=O) groups excluding carboxylic acids is 1. The molecule has 0 aliphatic rings. The van der Waals surface area contributed by atoms with Gasteiger partial charge < -0.3 is 10.8 Å². The summed E-state index contributed by atoms with van der Waals surface area (Å²) in [6.07, 6.45) is 2.64. The summed E-state index contributed by atoms with van der Waals surface area (Å²) in [5, 5.41) is 9.47. The lowest BCUT2D eigenvalue weighted by atomic mass is 10.2. The molecule has 5 heteroatoms. The van der Waals surface area contributed by atoms with Crippen molar-refractivity contribution in [2.75, 3.05) is 0 Å². The van der Waals surface area contributed by atoms with Gasteiger partial charge in [-0.3, -0.25) is 4.79 Å². The molecule has 0 saturated carbocycles. The van der Waals surface area contributed by atoms with Crippen molar-refractivity contribution in [3.05, 3.63) is 32.7 Å². The first-order valence-corrected chi connectivity index (χ1v) is 5.25. The zero-order valence-corrected chi connectivity index (χ0v) is 10.2. The van der Waals surface area contributed by atoms with Gasteiger partial charge in [-0.15, -0.1) is 0 Å². The molecule has 74 valence electrons. The summed E-state index contributed by atoms with van der Waals surface area (Å²) in [4.78, 5) is 10.5. The number of phenolic OH excluding ortho intramolecular Hbond substituents is 1. The second-order valence-electron chi connectivity index (χ2n) is 2.56. The summed E-state index contributed by atoms with van der Waals surface area (Å²) in [5.74, 6) is -0.471. The largest absolute Gasteiger partial charge is 0.507 e. The highest BCUT2D eigenvalue weighted by Crippen LogP contribution is 2.31. The predicted octanol–water partition coefficient (Wildman–Crippen LogP) is 2.42. The lowest BCUT2D eigenvalue weighted by Gasteiger charge is -2.01. The maximum Gasteiger partial charge on any atom is 0.241 e. The molecule has 0 unspecified atom stereocenters. The van der Waals surface area contributed by atoms with Crippen molar-refractivity contribution < 1.29 is 9.90 Å². The number of hydrogen-bond donors (Lipinski definition) is 2. The molecule has 3 N–H and O–H groups in total. The van der Waals surface area contributed by atoms with E-state index in [0.717, 1.165) is 8.95 Å². The van der Waals surface area contributed by atoms with Gasteiger partial charge in [0.2, 0.25) is 5.91 Å². The van der Waals surface area contributed by atoms with Gasteiger partial charge in [0.05, 0.1) is 0 Å². The standard InChI is InChI=1S/C9H7Br2NO2/c10-6-3-5(1-2-9(12)14)8(13)4-7(6)11/h1-4,13H,(H2,12,14)/b2-1+. The van der Waals surface area contributed by atoms with Crippen LogP contribution >= 0.6 is 31.9 Å². The van der Waals surface area contributed by atoms with Crippen LogP contribution in [0.5, 0.6) is 5.75 Å². The molecular formula is C9H7Br2NO2. The van der Waals surface area contributed by atoms with Crippen LogP contribution in [0.4, 0.5) is 0 Å². The molecule has 0 bridgehead atoms. The maximum absolute atomic E-state index is 10.5. The van der Waals surface area contributed by atoms with Crippen LogP contribution in [0.1, 0.15) is 5.56 Å². The molecule has 0 radical (unpaired) electrons. The quantitative estimate of drug-likeness (QED) is 0.822. The van der Waals surface area contributed by atoms with Gasteiger partial charge in [0.25, 0.3) is 0 Å². The van der Waals surface area contributed by atoms with Crippen LogP contribution in [-0.4, -0.2) is 11.0 Å². The molecule has 0 fully saturated rings. The van der Waals surface area contributed by atoms with Crippen molar-refractivity contribution in [1.29, 1.82) is 0 Å². The lowest BCUT2D eigenvalue weighted by molar-refractivity contribution is -0.113. The van der Waals surface area contributed by atoms with E-state index in [1.54, 1.807) is 6.07 Å². The molecule has 1 aromatic carbocycles. The number of nitrogens with two attached hydrogens (primary N) is 1. The smallest absolute Gasteiger partial charge is 0.241 e. The van der Waals surface area contributed by atoms with Gasteiger partial charge >= 0.3 is 0 Å². The minimum atomic E-state index is -0.552. The first kappa shape index (κ1) is 11.3. The molecule has 0 aliphatic heterocycles. The minimum absolute atomic E-state index is 0.0811. The van der Waals surface area contributed by atoms with Gasteiger partial charge in [-0.2, -0.15) is 0 Å². The number of phenols is 1. The SMILES string of the molecule is NC(=O)/C=C/c1cc(Br)c(Br)cc1O. The number of carbonyl (C=O) groups is 1. The van der Waals surface area contributed by atoms with Crippen LogP contribution in [-0.2, 0) is 4.79 Å². The summed E-state index contributed by atoms with van der Waals surface area (Å²) in [6, 6.07) is 3.21. The van der Waals surface area contributed by atoms with Crippen LogP contribution in [0, 0.1) is 0 Å². The van der Waals surface area contributed by atoms with E-state index in [0.29, 0.717) is 5.56 Å². The fourth-order valence-corrected chi connectivity index (χ4v) is 1.55. The molecule has 14 heavy (non-hydrogen) atoms. The Morgan fingerprint density at radius 3 is 2.50 bits per heavy atom. The third kappa shape index (κ3) is 2.85. The van der Waals surface area contributed by atoms with E-state index in [4.69, 9.17) is 5.73 Å². The zero-order valence-electron chi connectivity index (χ0n) is 7.00. The first-order valence-electron chi connectivity index (χ1n) is 3.66. The highest BCUT2D eigenvalue weighted by atomic mass is 79.9. The molecule has 1 rings (SSSR count). The van der Waals surface area contributed by atoms with Crippen molar-refractivity contribution >= 4 is 43.8 Å². The monoisotopic (exact) mass is 319 g/mol. The van der Waals surface area contributed by atoms with E-state index in [1.807, 2.05) is 0 Å². The maximum atomic E-state index is 10.5. The number of aromatic hydroxyl groups is 1. The second kappa shape index (κ2) is 4.61.